The normalized spacial score (nSPS) is 14.9. The third kappa shape index (κ3) is 6.74. The van der Waals surface area contributed by atoms with E-state index >= 15 is 0 Å². The average Bonchev–Trinajstić information content (AvgIpc) is 2.84. The summed E-state index contributed by atoms with van der Waals surface area (Å²) in [5.41, 5.74) is 0.981. The van der Waals surface area contributed by atoms with Crippen molar-refractivity contribution in [1.29, 1.82) is 0 Å². The fourth-order valence-electron chi connectivity index (χ4n) is 4.14. The number of hydrogen-bond acceptors (Lipinski definition) is 4. The van der Waals surface area contributed by atoms with Crippen molar-refractivity contribution >= 4 is 11.8 Å². The van der Waals surface area contributed by atoms with Crippen molar-refractivity contribution in [2.45, 2.75) is 64.1 Å². The van der Waals surface area contributed by atoms with Gasteiger partial charge < -0.3 is 19.7 Å². The Morgan fingerprint density at radius 2 is 1.66 bits per heavy atom. The van der Waals surface area contributed by atoms with Gasteiger partial charge in [0.05, 0.1) is 7.11 Å². The number of nitrogens with zero attached hydrogens (tertiary/aromatic N) is 1. The minimum Gasteiger partial charge on any atom is -0.497 e. The molecule has 0 radical (unpaired) electrons. The molecular weight excluding hydrogens is 404 g/mol. The average molecular weight is 439 g/mol. The Morgan fingerprint density at radius 3 is 2.28 bits per heavy atom. The van der Waals surface area contributed by atoms with Gasteiger partial charge in [-0.2, -0.15) is 0 Å². The number of carbonyl (C=O) groups is 2. The van der Waals surface area contributed by atoms with E-state index in [0.29, 0.717) is 18.7 Å². The smallest absolute Gasteiger partial charge is 0.261 e. The summed E-state index contributed by atoms with van der Waals surface area (Å²) in [4.78, 5) is 28.1. The Kier molecular flexibility index (Phi) is 8.96. The molecule has 6 heteroatoms. The van der Waals surface area contributed by atoms with Crippen molar-refractivity contribution in [1.82, 2.24) is 10.2 Å². The number of benzene rings is 2. The topological polar surface area (TPSA) is 67.9 Å². The predicted octanol–water partition coefficient (Wildman–Crippen LogP) is 4.33. The van der Waals surface area contributed by atoms with E-state index in [9.17, 15) is 9.59 Å². The molecule has 1 aliphatic rings. The molecule has 1 N–H and O–H groups in total. The zero-order chi connectivity index (χ0) is 22.8. The minimum atomic E-state index is -0.538. The van der Waals surface area contributed by atoms with Gasteiger partial charge in [-0.25, -0.2) is 0 Å². The number of hydrogen-bond donors (Lipinski definition) is 1. The van der Waals surface area contributed by atoms with Crippen LogP contribution in [-0.4, -0.2) is 42.5 Å². The molecule has 1 fully saturated rings. The second-order valence-corrected chi connectivity index (χ2v) is 8.24. The quantitative estimate of drug-likeness (QED) is 0.600. The molecule has 0 saturated heterocycles. The third-order valence-electron chi connectivity index (χ3n) is 5.95. The van der Waals surface area contributed by atoms with Crippen LogP contribution in [0.2, 0.25) is 0 Å². The van der Waals surface area contributed by atoms with Crippen LogP contribution >= 0.6 is 0 Å². The number of nitrogens with one attached hydrogen (secondary N) is 1. The highest BCUT2D eigenvalue weighted by atomic mass is 16.5. The lowest BCUT2D eigenvalue weighted by molar-refractivity contribution is -0.143. The van der Waals surface area contributed by atoms with Crippen LogP contribution in [0, 0.1) is 0 Å². The van der Waals surface area contributed by atoms with Crippen molar-refractivity contribution in [3.05, 3.63) is 60.2 Å². The summed E-state index contributed by atoms with van der Waals surface area (Å²) >= 11 is 0. The first-order valence-corrected chi connectivity index (χ1v) is 11.5. The molecule has 0 spiro atoms. The van der Waals surface area contributed by atoms with Gasteiger partial charge in [0.25, 0.3) is 5.91 Å². The molecule has 6 nitrogen and oxygen atoms in total. The van der Waals surface area contributed by atoms with Crippen molar-refractivity contribution in [3.8, 4) is 11.5 Å². The van der Waals surface area contributed by atoms with Crippen LogP contribution < -0.4 is 14.8 Å². The Labute approximate surface area is 190 Å². The highest BCUT2D eigenvalue weighted by molar-refractivity contribution is 5.88. The second-order valence-electron chi connectivity index (χ2n) is 8.24. The monoisotopic (exact) mass is 438 g/mol. The van der Waals surface area contributed by atoms with Crippen molar-refractivity contribution in [2.24, 2.45) is 0 Å². The zero-order valence-corrected chi connectivity index (χ0v) is 19.1. The van der Waals surface area contributed by atoms with Crippen LogP contribution in [0.3, 0.4) is 0 Å². The van der Waals surface area contributed by atoms with Crippen molar-refractivity contribution in [2.75, 3.05) is 13.7 Å². The fraction of sp³-hybridized carbons (Fsp3) is 0.462. The number of rotatable bonds is 10. The molecule has 1 atom stereocenters. The molecule has 0 aromatic heterocycles. The number of amides is 2. The molecule has 1 saturated carbocycles. The van der Waals surface area contributed by atoms with E-state index in [4.69, 9.17) is 9.47 Å². The second kappa shape index (κ2) is 12.1. The molecule has 0 bridgehead atoms. The lowest BCUT2D eigenvalue weighted by atomic mass is 9.95. The Balaban J connectivity index is 1.71. The van der Waals surface area contributed by atoms with Gasteiger partial charge >= 0.3 is 0 Å². The fourth-order valence-corrected chi connectivity index (χ4v) is 4.14. The van der Waals surface area contributed by atoms with E-state index in [1.54, 1.807) is 36.3 Å². The lowest BCUT2D eigenvalue weighted by Crippen LogP contribution is -2.52. The predicted molar refractivity (Wildman–Crippen MR) is 125 cm³/mol. The summed E-state index contributed by atoms with van der Waals surface area (Å²) in [6.07, 6.45) is 6.07. The number of carbonyl (C=O) groups excluding carboxylic acids is 2. The Bertz CT molecular complexity index is 848. The first kappa shape index (κ1) is 23.6. The van der Waals surface area contributed by atoms with Gasteiger partial charge in [-0.05, 0) is 49.1 Å². The first-order chi connectivity index (χ1) is 15.6. The molecule has 1 aliphatic carbocycles. The Hall–Kier alpha value is -3.02. The lowest BCUT2D eigenvalue weighted by Gasteiger charge is -2.32. The molecule has 0 unspecified atom stereocenters. The molecule has 0 heterocycles. The summed E-state index contributed by atoms with van der Waals surface area (Å²) < 4.78 is 10.9. The first-order valence-electron chi connectivity index (χ1n) is 11.5. The summed E-state index contributed by atoms with van der Waals surface area (Å²) in [5, 5.41) is 3.19. The van der Waals surface area contributed by atoms with E-state index in [1.165, 1.54) is 6.42 Å². The summed E-state index contributed by atoms with van der Waals surface area (Å²) in [7, 11) is 1.60. The van der Waals surface area contributed by atoms with Crippen LogP contribution in [0.15, 0.2) is 54.6 Å². The largest absolute Gasteiger partial charge is 0.497 e. The van der Waals surface area contributed by atoms with E-state index in [0.717, 1.165) is 37.0 Å². The van der Waals surface area contributed by atoms with Crippen LogP contribution in [0.25, 0.3) is 0 Å². The molecule has 3 rings (SSSR count). The zero-order valence-electron chi connectivity index (χ0n) is 19.1. The highest BCUT2D eigenvalue weighted by Crippen LogP contribution is 2.20. The van der Waals surface area contributed by atoms with Gasteiger partial charge in [0.1, 0.15) is 17.5 Å². The molecule has 2 aromatic carbocycles. The minimum absolute atomic E-state index is 0.0758. The van der Waals surface area contributed by atoms with E-state index in [1.807, 2.05) is 37.3 Å². The number of methoxy groups -OCH3 is 1. The van der Waals surface area contributed by atoms with Crippen molar-refractivity contribution in [3.63, 3.8) is 0 Å². The van der Waals surface area contributed by atoms with E-state index < -0.39 is 6.04 Å². The molecule has 0 aliphatic heterocycles. The van der Waals surface area contributed by atoms with Gasteiger partial charge in [-0.15, -0.1) is 0 Å². The molecule has 2 amide bonds. The van der Waals surface area contributed by atoms with Crippen LogP contribution in [0.1, 0.15) is 51.0 Å². The highest BCUT2D eigenvalue weighted by Gasteiger charge is 2.30. The van der Waals surface area contributed by atoms with E-state index in [-0.39, 0.29) is 24.5 Å². The summed E-state index contributed by atoms with van der Waals surface area (Å²) in [6, 6.07) is 16.5. The van der Waals surface area contributed by atoms with Gasteiger partial charge in [-0.3, -0.25) is 9.59 Å². The third-order valence-corrected chi connectivity index (χ3v) is 5.95. The van der Waals surface area contributed by atoms with Gasteiger partial charge in [0, 0.05) is 12.6 Å². The maximum atomic E-state index is 13.2. The summed E-state index contributed by atoms with van der Waals surface area (Å²) in [6.45, 7) is 2.18. The maximum absolute atomic E-state index is 13.2. The molecule has 172 valence electrons. The molecule has 32 heavy (non-hydrogen) atoms. The van der Waals surface area contributed by atoms with Gasteiger partial charge in [-0.1, -0.05) is 56.5 Å². The van der Waals surface area contributed by atoms with Crippen LogP contribution in [0.4, 0.5) is 0 Å². The standard InChI is InChI=1S/C26H34N2O4/c1-3-24(26(30)27-21-12-8-5-9-13-21)28(18-20-10-6-4-7-11-20)25(29)19-32-23-16-14-22(31-2)15-17-23/h4,6-7,10-11,14-17,21,24H,3,5,8-9,12-13,18-19H2,1-2H3,(H,27,30)/t24-/m0/s1. The SMILES string of the molecule is CC[C@@H](C(=O)NC1CCCCC1)N(Cc1ccccc1)C(=O)COc1ccc(OC)cc1. The maximum Gasteiger partial charge on any atom is 0.261 e. The van der Waals surface area contributed by atoms with E-state index in [2.05, 4.69) is 5.32 Å². The van der Waals surface area contributed by atoms with Crippen LogP contribution in [-0.2, 0) is 16.1 Å². The molecule has 2 aromatic rings. The molecular formula is C26H34N2O4. The van der Waals surface area contributed by atoms with Crippen molar-refractivity contribution < 1.29 is 19.1 Å². The van der Waals surface area contributed by atoms with Gasteiger partial charge in [0.15, 0.2) is 6.61 Å². The number of ether oxygens (including phenoxy) is 2. The van der Waals surface area contributed by atoms with Crippen LogP contribution in [0.5, 0.6) is 11.5 Å². The van der Waals surface area contributed by atoms with Gasteiger partial charge in [0.2, 0.25) is 5.91 Å². The Morgan fingerprint density at radius 1 is 1.00 bits per heavy atom. The summed E-state index contributed by atoms with van der Waals surface area (Å²) in [5.74, 6) is 1.02.